The lowest BCUT2D eigenvalue weighted by atomic mass is 10.1. The molecule has 3 rings (SSSR count). The van der Waals surface area contributed by atoms with Crippen molar-refractivity contribution in [2.45, 2.75) is 24.5 Å². The van der Waals surface area contributed by atoms with Crippen molar-refractivity contribution in [2.75, 3.05) is 12.3 Å². The molecule has 1 aliphatic heterocycles. The van der Waals surface area contributed by atoms with Gasteiger partial charge in [-0.2, -0.15) is 4.98 Å². The highest BCUT2D eigenvalue weighted by molar-refractivity contribution is 7.42. The molecule has 11 N–H and O–H groups in total. The number of H-pyrrole nitrogens is 1. The van der Waals surface area contributed by atoms with Crippen molar-refractivity contribution in [3.63, 3.8) is 0 Å². The zero-order valence-corrected chi connectivity index (χ0v) is 13.1. The minimum absolute atomic E-state index is 0.0601. The molecular formula is C10H18N7O6P. The van der Waals surface area contributed by atoms with E-state index in [9.17, 15) is 9.90 Å². The molecule has 13 nitrogen and oxygen atoms in total. The van der Waals surface area contributed by atoms with Gasteiger partial charge in [-0.25, -0.2) is 4.98 Å². The van der Waals surface area contributed by atoms with Crippen LogP contribution in [-0.4, -0.2) is 64.4 Å². The number of imidazole rings is 1. The molecule has 1 fully saturated rings. The van der Waals surface area contributed by atoms with Crippen molar-refractivity contribution >= 4 is 25.6 Å². The number of hydrogen-bond acceptors (Lipinski definition) is 11. The average molecular weight is 363 g/mol. The number of rotatable bonds is 2. The number of ether oxygens (including phenoxy) is 1. The molecule has 1 saturated heterocycles. The molecule has 14 heteroatoms. The first-order chi connectivity index (χ1) is 11.3. The van der Waals surface area contributed by atoms with Crippen LogP contribution in [0.2, 0.25) is 0 Å². The van der Waals surface area contributed by atoms with Crippen LogP contribution in [0, 0.1) is 0 Å². The van der Waals surface area contributed by atoms with Gasteiger partial charge in [0, 0.05) is 0 Å². The van der Waals surface area contributed by atoms with E-state index >= 15 is 0 Å². The molecule has 134 valence electrons. The zero-order valence-electron chi connectivity index (χ0n) is 12.2. The van der Waals surface area contributed by atoms with E-state index in [2.05, 4.69) is 20.5 Å². The average Bonchev–Trinajstić information content (AvgIpc) is 3.01. The molecule has 1 aliphatic rings. The van der Waals surface area contributed by atoms with Crippen LogP contribution >= 0.6 is 8.53 Å². The van der Waals surface area contributed by atoms with Crippen molar-refractivity contribution in [2.24, 2.45) is 11.2 Å². The van der Waals surface area contributed by atoms with Gasteiger partial charge in [0.15, 0.2) is 17.4 Å². The highest BCUT2D eigenvalue weighted by Crippen LogP contribution is 2.29. The van der Waals surface area contributed by atoms with Gasteiger partial charge in [-0.15, -0.1) is 0 Å². The number of nitrogens with one attached hydrogen (secondary N) is 1. The molecule has 2 aromatic heterocycles. The lowest BCUT2D eigenvalue weighted by Gasteiger charge is -2.17. The normalized spacial score (nSPS) is 26.6. The van der Waals surface area contributed by atoms with Gasteiger partial charge in [0.05, 0.1) is 19.0 Å². The number of nitrogens with zero attached hydrogens (tertiary/aromatic N) is 3. The molecule has 3 heterocycles. The maximum Gasteiger partial charge on any atom is 0.280 e. The standard InChI is InChI=1S/C10H14N6O4.H4NO2P/c11-4-6(18)3(1-17)20-9(4)16-2-13-5-7(16)14-10(12)15-8(5)19;1-4(2)3/h2-4,6,9,17-18H,1,11H2,(H3,12,14,15,19);2-3H,1H2/t3-,4?,6-,9-;/m1./s1. The molecule has 24 heavy (non-hydrogen) atoms. The number of nitrogens with two attached hydrogens (primary N) is 3. The Kier molecular flexibility index (Phi) is 5.79. The third-order valence-corrected chi connectivity index (χ3v) is 3.32. The SMILES string of the molecule is NP(O)O.Nc1nc2c(ncn2[C@@H]2O[C@H](CO)[C@@H](O)C2N)c(=O)[nH]1. The van der Waals surface area contributed by atoms with Crippen LogP contribution < -0.4 is 22.5 Å². The lowest BCUT2D eigenvalue weighted by Crippen LogP contribution is -2.39. The van der Waals surface area contributed by atoms with Gasteiger partial charge in [-0.05, 0) is 0 Å². The number of aliphatic hydroxyl groups is 2. The molecule has 0 aliphatic carbocycles. The molecule has 0 spiro atoms. The predicted octanol–water partition coefficient (Wildman–Crippen LogP) is -3.56. The van der Waals surface area contributed by atoms with E-state index in [0.717, 1.165) is 0 Å². The zero-order chi connectivity index (χ0) is 18.0. The van der Waals surface area contributed by atoms with Crippen molar-refractivity contribution in [3.05, 3.63) is 16.7 Å². The number of anilines is 1. The molecule has 0 bridgehead atoms. The van der Waals surface area contributed by atoms with Crippen molar-refractivity contribution in [1.82, 2.24) is 19.5 Å². The minimum atomic E-state index is -2.12. The second kappa shape index (κ2) is 7.46. The summed E-state index contributed by atoms with van der Waals surface area (Å²) in [7, 11) is -2.12. The fourth-order valence-electron chi connectivity index (χ4n) is 2.30. The van der Waals surface area contributed by atoms with Gasteiger partial charge in [0.25, 0.3) is 5.56 Å². The Hall–Kier alpha value is -1.70. The first kappa shape index (κ1) is 18.6. The first-order valence-electron chi connectivity index (χ1n) is 6.61. The number of nitrogen functional groups attached to an aromatic ring is 1. The van der Waals surface area contributed by atoms with Crippen molar-refractivity contribution in [3.8, 4) is 0 Å². The van der Waals surface area contributed by atoms with Crippen LogP contribution in [0.4, 0.5) is 5.95 Å². The van der Waals surface area contributed by atoms with Crippen LogP contribution in [0.15, 0.2) is 11.1 Å². The summed E-state index contributed by atoms with van der Waals surface area (Å²) in [6.45, 7) is -0.367. The van der Waals surface area contributed by atoms with Gasteiger partial charge in [0.1, 0.15) is 12.2 Å². The van der Waals surface area contributed by atoms with E-state index < -0.39 is 38.6 Å². The van der Waals surface area contributed by atoms with E-state index in [1.54, 1.807) is 0 Å². The van der Waals surface area contributed by atoms with Crippen LogP contribution in [0.5, 0.6) is 0 Å². The lowest BCUT2D eigenvalue weighted by molar-refractivity contribution is -0.0437. The predicted molar refractivity (Wildman–Crippen MR) is 83.1 cm³/mol. The van der Waals surface area contributed by atoms with Gasteiger partial charge in [-0.1, -0.05) is 0 Å². The largest absolute Gasteiger partial charge is 0.394 e. The topological polar surface area (TPSA) is 232 Å². The Morgan fingerprint density at radius 3 is 2.62 bits per heavy atom. The smallest absolute Gasteiger partial charge is 0.280 e. The van der Waals surface area contributed by atoms with Crippen LogP contribution in [0.1, 0.15) is 6.23 Å². The summed E-state index contributed by atoms with van der Waals surface area (Å²) in [6.07, 6.45) is -1.28. The van der Waals surface area contributed by atoms with E-state index in [1.807, 2.05) is 0 Å². The molecule has 2 aromatic rings. The van der Waals surface area contributed by atoms with E-state index in [-0.39, 0.29) is 23.7 Å². The first-order valence-corrected chi connectivity index (χ1v) is 7.92. The van der Waals surface area contributed by atoms with Crippen molar-refractivity contribution in [1.29, 1.82) is 0 Å². The monoisotopic (exact) mass is 363 g/mol. The van der Waals surface area contributed by atoms with E-state index in [1.165, 1.54) is 10.9 Å². The van der Waals surface area contributed by atoms with Gasteiger partial charge in [0.2, 0.25) is 14.5 Å². The number of aliphatic hydroxyl groups excluding tert-OH is 2. The number of hydrogen-bond donors (Lipinski definition) is 8. The third kappa shape index (κ3) is 3.68. The summed E-state index contributed by atoms with van der Waals surface area (Å²) < 4.78 is 6.89. The molecular weight excluding hydrogens is 345 g/mol. The van der Waals surface area contributed by atoms with Crippen LogP contribution in [0.3, 0.4) is 0 Å². The van der Waals surface area contributed by atoms with E-state index in [0.29, 0.717) is 0 Å². The van der Waals surface area contributed by atoms with Gasteiger partial charge in [-0.3, -0.25) is 19.8 Å². The highest BCUT2D eigenvalue weighted by atomic mass is 31.2. The second-order valence-corrected chi connectivity index (χ2v) is 5.55. The summed E-state index contributed by atoms with van der Waals surface area (Å²) in [5, 5.41) is 19.0. The Balaban J connectivity index is 0.000000471. The molecule has 0 saturated carbocycles. The molecule has 0 aromatic carbocycles. The number of fused-ring (bicyclic) bond motifs is 1. The summed E-state index contributed by atoms with van der Waals surface area (Å²) in [5.74, 6) is -0.0601. The van der Waals surface area contributed by atoms with Gasteiger partial charge < -0.3 is 36.2 Å². The van der Waals surface area contributed by atoms with Crippen molar-refractivity contribution < 1.29 is 24.7 Å². The maximum absolute atomic E-state index is 11.7. The number of aromatic amines is 1. The highest BCUT2D eigenvalue weighted by Gasteiger charge is 2.42. The molecule has 1 unspecified atom stereocenters. The summed E-state index contributed by atoms with van der Waals surface area (Å²) in [6, 6.07) is -0.785. The summed E-state index contributed by atoms with van der Waals surface area (Å²) in [4.78, 5) is 36.8. The fourth-order valence-corrected chi connectivity index (χ4v) is 2.30. The minimum Gasteiger partial charge on any atom is -0.394 e. The molecule has 4 atom stereocenters. The second-order valence-electron chi connectivity index (χ2n) is 4.91. The Labute approximate surface area is 135 Å². The number of aromatic nitrogens is 4. The molecule has 0 amide bonds. The van der Waals surface area contributed by atoms with Crippen LogP contribution in [0.25, 0.3) is 11.2 Å². The molecule has 0 radical (unpaired) electrons. The van der Waals surface area contributed by atoms with E-state index in [4.69, 9.17) is 31.1 Å². The fraction of sp³-hybridized carbons (Fsp3) is 0.500. The summed E-state index contributed by atoms with van der Waals surface area (Å²) >= 11 is 0. The quantitative estimate of drug-likeness (QED) is 0.243. The van der Waals surface area contributed by atoms with Gasteiger partial charge >= 0.3 is 0 Å². The Morgan fingerprint density at radius 1 is 1.46 bits per heavy atom. The third-order valence-electron chi connectivity index (χ3n) is 3.32. The Bertz CT molecular complexity index is 748. The van der Waals surface area contributed by atoms with Crippen LogP contribution in [-0.2, 0) is 4.74 Å². The summed E-state index contributed by atoms with van der Waals surface area (Å²) in [5.41, 5.74) is 15.5. The Morgan fingerprint density at radius 2 is 2.08 bits per heavy atom. The maximum atomic E-state index is 11.7.